The number of carbonyl (C=O) groups is 3. The second-order valence-corrected chi connectivity index (χ2v) is 9.67. The molecule has 7 heteroatoms. The molecule has 2 aliphatic carbocycles. The van der Waals surface area contributed by atoms with Gasteiger partial charge < -0.3 is 15.4 Å². The second-order valence-electron chi connectivity index (χ2n) is 8.28. The molecule has 1 aromatic carbocycles. The molecule has 0 heterocycles. The molecule has 0 radical (unpaired) electrons. The van der Waals surface area contributed by atoms with Crippen LogP contribution in [0.3, 0.4) is 0 Å². The molecular formula is C23H32N2O4S. The van der Waals surface area contributed by atoms with E-state index in [-0.39, 0.29) is 29.1 Å². The third kappa shape index (κ3) is 6.24. The van der Waals surface area contributed by atoms with E-state index in [1.807, 2.05) is 19.1 Å². The Morgan fingerprint density at radius 1 is 0.900 bits per heavy atom. The minimum absolute atomic E-state index is 0.0145. The Morgan fingerprint density at radius 3 is 2.03 bits per heavy atom. The third-order valence-corrected chi connectivity index (χ3v) is 7.01. The first-order chi connectivity index (χ1) is 14.4. The van der Waals surface area contributed by atoms with Crippen LogP contribution in [0.1, 0.15) is 75.6 Å². The summed E-state index contributed by atoms with van der Waals surface area (Å²) in [5.74, 6) is -0.820. The highest BCUT2D eigenvalue weighted by Crippen LogP contribution is 2.28. The van der Waals surface area contributed by atoms with Crippen molar-refractivity contribution >= 4 is 29.5 Å². The van der Waals surface area contributed by atoms with Crippen molar-refractivity contribution in [3.8, 4) is 0 Å². The fraction of sp³-hybridized carbons (Fsp3) is 0.609. The van der Waals surface area contributed by atoms with E-state index in [9.17, 15) is 14.4 Å². The Labute approximate surface area is 182 Å². The number of nitrogens with one attached hydrogen (secondary N) is 2. The van der Waals surface area contributed by atoms with Gasteiger partial charge in [-0.05, 0) is 51.7 Å². The second kappa shape index (κ2) is 10.8. The fourth-order valence-corrected chi connectivity index (χ4v) is 5.03. The van der Waals surface area contributed by atoms with Crippen LogP contribution in [0.4, 0.5) is 0 Å². The van der Waals surface area contributed by atoms with E-state index < -0.39 is 12.1 Å². The predicted molar refractivity (Wildman–Crippen MR) is 117 cm³/mol. The van der Waals surface area contributed by atoms with Crippen molar-refractivity contribution in [2.75, 3.05) is 0 Å². The molecule has 2 fully saturated rings. The summed E-state index contributed by atoms with van der Waals surface area (Å²) < 4.78 is 5.43. The van der Waals surface area contributed by atoms with Crippen LogP contribution < -0.4 is 10.6 Å². The summed E-state index contributed by atoms with van der Waals surface area (Å²) in [4.78, 5) is 38.3. The van der Waals surface area contributed by atoms with Crippen molar-refractivity contribution in [3.05, 3.63) is 29.8 Å². The van der Waals surface area contributed by atoms with Crippen LogP contribution in [0, 0.1) is 0 Å². The standard InChI is InChI=1S/C23H32N2O4S/c1-15(21(26)24-17-9-3-4-10-17)29-23(28)19-13-7-8-14-20(19)30-16(2)22(27)25-18-11-5-6-12-18/h7-8,13-18H,3-6,9-12H2,1-2H3,(H,24,26)(H,25,27)/t15-,16-/m1/s1. The minimum atomic E-state index is -0.862. The molecule has 164 valence electrons. The maximum atomic E-state index is 12.7. The Bertz CT molecular complexity index is 757. The van der Waals surface area contributed by atoms with Crippen molar-refractivity contribution < 1.29 is 19.1 Å². The number of hydrogen-bond acceptors (Lipinski definition) is 5. The first-order valence-electron chi connectivity index (χ1n) is 11.0. The van der Waals surface area contributed by atoms with Crippen LogP contribution in [0.5, 0.6) is 0 Å². The molecule has 0 unspecified atom stereocenters. The summed E-state index contributed by atoms with van der Waals surface area (Å²) in [6, 6.07) is 7.52. The summed E-state index contributed by atoms with van der Waals surface area (Å²) in [5.41, 5.74) is 0.378. The maximum Gasteiger partial charge on any atom is 0.340 e. The largest absolute Gasteiger partial charge is 0.449 e. The summed E-state index contributed by atoms with van der Waals surface area (Å²) in [7, 11) is 0. The topological polar surface area (TPSA) is 84.5 Å². The van der Waals surface area contributed by atoms with Gasteiger partial charge in [-0.2, -0.15) is 0 Å². The number of rotatable bonds is 8. The minimum Gasteiger partial charge on any atom is -0.449 e. The Hall–Kier alpha value is -2.02. The predicted octanol–water partition coefficient (Wildman–Crippen LogP) is 3.83. The zero-order valence-corrected chi connectivity index (χ0v) is 18.6. The van der Waals surface area contributed by atoms with Crippen molar-refractivity contribution in [2.24, 2.45) is 0 Å². The molecule has 0 aromatic heterocycles. The summed E-state index contributed by atoms with van der Waals surface area (Å²) in [6.45, 7) is 3.43. The molecule has 2 saturated carbocycles. The van der Waals surface area contributed by atoms with Crippen LogP contribution in [0.15, 0.2) is 29.2 Å². The lowest BCUT2D eigenvalue weighted by molar-refractivity contribution is -0.129. The lowest BCUT2D eigenvalue weighted by Gasteiger charge is -2.19. The van der Waals surface area contributed by atoms with Gasteiger partial charge in [0.1, 0.15) is 0 Å². The highest BCUT2D eigenvalue weighted by molar-refractivity contribution is 8.00. The van der Waals surface area contributed by atoms with Gasteiger partial charge in [0.25, 0.3) is 5.91 Å². The molecule has 2 amide bonds. The Morgan fingerprint density at radius 2 is 1.43 bits per heavy atom. The van der Waals surface area contributed by atoms with Crippen LogP contribution in [0.25, 0.3) is 0 Å². The first-order valence-corrected chi connectivity index (χ1v) is 11.9. The quantitative estimate of drug-likeness (QED) is 0.482. The zero-order chi connectivity index (χ0) is 21.5. The molecule has 1 aromatic rings. The summed E-state index contributed by atoms with van der Waals surface area (Å²) in [5, 5.41) is 5.73. The van der Waals surface area contributed by atoms with Crippen molar-refractivity contribution in [3.63, 3.8) is 0 Å². The van der Waals surface area contributed by atoms with E-state index in [1.54, 1.807) is 19.1 Å². The average molecular weight is 433 g/mol. The van der Waals surface area contributed by atoms with E-state index in [1.165, 1.54) is 11.8 Å². The van der Waals surface area contributed by atoms with Crippen LogP contribution in [-0.2, 0) is 14.3 Å². The van der Waals surface area contributed by atoms with Gasteiger partial charge in [0.15, 0.2) is 6.10 Å². The van der Waals surface area contributed by atoms with Gasteiger partial charge in [0, 0.05) is 17.0 Å². The molecule has 6 nitrogen and oxygen atoms in total. The van der Waals surface area contributed by atoms with Gasteiger partial charge in [0.2, 0.25) is 5.91 Å². The van der Waals surface area contributed by atoms with Gasteiger partial charge in [-0.1, -0.05) is 37.8 Å². The van der Waals surface area contributed by atoms with Gasteiger partial charge in [-0.25, -0.2) is 4.79 Å². The molecule has 0 saturated heterocycles. The van der Waals surface area contributed by atoms with Crippen molar-refractivity contribution in [1.82, 2.24) is 10.6 Å². The molecule has 30 heavy (non-hydrogen) atoms. The first kappa shape index (κ1) is 22.7. The van der Waals surface area contributed by atoms with Gasteiger partial charge in [0.05, 0.1) is 10.8 Å². The molecule has 0 aliphatic heterocycles. The van der Waals surface area contributed by atoms with Gasteiger partial charge in [-0.15, -0.1) is 11.8 Å². The lowest BCUT2D eigenvalue weighted by atomic mass is 10.2. The smallest absolute Gasteiger partial charge is 0.340 e. The number of benzene rings is 1. The van der Waals surface area contributed by atoms with Crippen LogP contribution in [-0.4, -0.2) is 41.2 Å². The molecule has 2 aliphatic rings. The molecular weight excluding hydrogens is 400 g/mol. The fourth-order valence-electron chi connectivity index (χ4n) is 4.04. The van der Waals surface area contributed by atoms with Crippen molar-refractivity contribution in [2.45, 2.75) is 93.5 Å². The monoisotopic (exact) mass is 432 g/mol. The highest BCUT2D eigenvalue weighted by atomic mass is 32.2. The zero-order valence-electron chi connectivity index (χ0n) is 17.8. The number of amides is 2. The van der Waals surface area contributed by atoms with E-state index in [4.69, 9.17) is 4.74 Å². The SMILES string of the molecule is C[C@@H](OC(=O)c1ccccc1S[C@H](C)C(=O)NC1CCCC1)C(=O)NC1CCCC1. The number of ether oxygens (including phenoxy) is 1. The average Bonchev–Trinajstić information content (AvgIpc) is 3.42. The number of esters is 1. The number of hydrogen-bond donors (Lipinski definition) is 2. The molecule has 3 rings (SSSR count). The van der Waals surface area contributed by atoms with Gasteiger partial charge >= 0.3 is 5.97 Å². The lowest BCUT2D eigenvalue weighted by Crippen LogP contribution is -2.41. The van der Waals surface area contributed by atoms with E-state index in [0.29, 0.717) is 10.5 Å². The number of carbonyl (C=O) groups excluding carboxylic acids is 3. The molecule has 2 N–H and O–H groups in total. The van der Waals surface area contributed by atoms with Crippen LogP contribution >= 0.6 is 11.8 Å². The van der Waals surface area contributed by atoms with Gasteiger partial charge in [-0.3, -0.25) is 9.59 Å². The Kier molecular flexibility index (Phi) is 8.19. The molecule has 0 bridgehead atoms. The van der Waals surface area contributed by atoms with E-state index >= 15 is 0 Å². The Balaban J connectivity index is 1.57. The summed E-state index contributed by atoms with van der Waals surface area (Å²) >= 11 is 1.34. The van der Waals surface area contributed by atoms with Crippen molar-refractivity contribution in [1.29, 1.82) is 0 Å². The normalized spacial score (nSPS) is 19.3. The highest BCUT2D eigenvalue weighted by Gasteiger charge is 2.26. The molecule has 2 atom stereocenters. The van der Waals surface area contributed by atoms with E-state index in [0.717, 1.165) is 51.4 Å². The molecule has 0 spiro atoms. The summed E-state index contributed by atoms with van der Waals surface area (Å²) in [6.07, 6.45) is 7.73. The maximum absolute atomic E-state index is 12.7. The van der Waals surface area contributed by atoms with E-state index in [2.05, 4.69) is 10.6 Å². The third-order valence-electron chi connectivity index (χ3n) is 5.84. The van der Waals surface area contributed by atoms with Crippen LogP contribution in [0.2, 0.25) is 0 Å². The number of thioether (sulfide) groups is 1.